The molecule has 0 atom stereocenters. The van der Waals surface area contributed by atoms with Gasteiger partial charge in [0.15, 0.2) is 0 Å². The standard InChI is InChI=1S/C13H25N3O3/c1-10(2)12-11(14)13(16(3)15-12)19-9-8-18-7-5-6-17-4/h10H,5-9,14H2,1-4H3. The highest BCUT2D eigenvalue weighted by atomic mass is 16.5. The summed E-state index contributed by atoms with van der Waals surface area (Å²) in [6.45, 7) is 6.50. The first-order chi connectivity index (χ1) is 9.07. The van der Waals surface area contributed by atoms with Crippen LogP contribution in [0.4, 0.5) is 5.69 Å². The molecule has 19 heavy (non-hydrogen) atoms. The molecule has 0 amide bonds. The van der Waals surface area contributed by atoms with Crippen LogP contribution in [0.3, 0.4) is 0 Å². The minimum Gasteiger partial charge on any atom is -0.474 e. The molecule has 0 spiro atoms. The van der Waals surface area contributed by atoms with Crippen LogP contribution in [-0.2, 0) is 16.5 Å². The molecule has 0 radical (unpaired) electrons. The third kappa shape index (κ3) is 4.72. The van der Waals surface area contributed by atoms with Crippen molar-refractivity contribution in [3.8, 4) is 5.88 Å². The molecule has 0 aromatic carbocycles. The molecule has 6 heteroatoms. The molecule has 1 heterocycles. The molecular formula is C13H25N3O3. The third-order valence-electron chi connectivity index (χ3n) is 2.71. The van der Waals surface area contributed by atoms with Crippen molar-refractivity contribution in [3.05, 3.63) is 5.69 Å². The van der Waals surface area contributed by atoms with Crippen LogP contribution in [0.5, 0.6) is 5.88 Å². The lowest BCUT2D eigenvalue weighted by atomic mass is 10.1. The third-order valence-corrected chi connectivity index (χ3v) is 2.71. The molecule has 110 valence electrons. The van der Waals surface area contributed by atoms with E-state index in [1.165, 1.54) is 0 Å². The summed E-state index contributed by atoms with van der Waals surface area (Å²) in [7, 11) is 3.51. The van der Waals surface area contributed by atoms with E-state index in [-0.39, 0.29) is 5.92 Å². The number of aryl methyl sites for hydroxylation is 1. The zero-order chi connectivity index (χ0) is 14.3. The minimum atomic E-state index is 0.286. The lowest BCUT2D eigenvalue weighted by Crippen LogP contribution is -2.11. The van der Waals surface area contributed by atoms with E-state index in [1.807, 2.05) is 7.05 Å². The highest BCUT2D eigenvalue weighted by Gasteiger charge is 2.16. The van der Waals surface area contributed by atoms with Gasteiger partial charge in [0.05, 0.1) is 12.3 Å². The zero-order valence-electron chi connectivity index (χ0n) is 12.3. The van der Waals surface area contributed by atoms with E-state index in [2.05, 4.69) is 18.9 Å². The first-order valence-electron chi connectivity index (χ1n) is 6.59. The predicted octanol–water partition coefficient (Wildman–Crippen LogP) is 1.56. The number of hydrogen-bond acceptors (Lipinski definition) is 5. The fraction of sp³-hybridized carbons (Fsp3) is 0.769. The molecule has 0 aliphatic carbocycles. The molecule has 1 rings (SSSR count). The molecule has 0 fully saturated rings. The van der Waals surface area contributed by atoms with E-state index in [4.69, 9.17) is 19.9 Å². The van der Waals surface area contributed by atoms with Crippen LogP contribution in [0.1, 0.15) is 31.9 Å². The van der Waals surface area contributed by atoms with Gasteiger partial charge in [0.1, 0.15) is 12.3 Å². The van der Waals surface area contributed by atoms with Gasteiger partial charge in [-0.1, -0.05) is 13.8 Å². The topological polar surface area (TPSA) is 71.5 Å². The van der Waals surface area contributed by atoms with E-state index in [0.717, 1.165) is 12.1 Å². The van der Waals surface area contributed by atoms with Crippen LogP contribution in [0.2, 0.25) is 0 Å². The number of methoxy groups -OCH3 is 1. The van der Waals surface area contributed by atoms with Crippen molar-refractivity contribution in [3.63, 3.8) is 0 Å². The molecule has 0 saturated carbocycles. The van der Waals surface area contributed by atoms with E-state index in [0.29, 0.717) is 38.0 Å². The summed E-state index contributed by atoms with van der Waals surface area (Å²) in [6, 6.07) is 0. The molecule has 0 aliphatic rings. The van der Waals surface area contributed by atoms with Crippen LogP contribution < -0.4 is 10.5 Å². The van der Waals surface area contributed by atoms with Crippen molar-refractivity contribution < 1.29 is 14.2 Å². The average molecular weight is 271 g/mol. The monoisotopic (exact) mass is 271 g/mol. The van der Waals surface area contributed by atoms with Gasteiger partial charge in [0, 0.05) is 27.4 Å². The molecule has 0 aliphatic heterocycles. The second-order valence-corrected chi connectivity index (χ2v) is 4.69. The maximum absolute atomic E-state index is 6.02. The second kappa shape index (κ2) is 8.01. The van der Waals surface area contributed by atoms with Crippen molar-refractivity contribution in [1.29, 1.82) is 0 Å². The van der Waals surface area contributed by atoms with Gasteiger partial charge >= 0.3 is 0 Å². The fourth-order valence-electron chi connectivity index (χ4n) is 1.75. The SMILES string of the molecule is COCCCOCCOc1c(N)c(C(C)C)nn1C. The van der Waals surface area contributed by atoms with Crippen LogP contribution in [0, 0.1) is 0 Å². The van der Waals surface area contributed by atoms with E-state index >= 15 is 0 Å². The Labute approximate surface area is 114 Å². The normalized spacial score (nSPS) is 11.2. The maximum Gasteiger partial charge on any atom is 0.235 e. The molecule has 0 bridgehead atoms. The summed E-state index contributed by atoms with van der Waals surface area (Å²) in [4.78, 5) is 0. The number of ether oxygens (including phenoxy) is 3. The summed E-state index contributed by atoms with van der Waals surface area (Å²) >= 11 is 0. The number of nitrogens with two attached hydrogens (primary N) is 1. The molecular weight excluding hydrogens is 246 g/mol. The van der Waals surface area contributed by atoms with Gasteiger partial charge in [0.25, 0.3) is 0 Å². The number of hydrogen-bond donors (Lipinski definition) is 1. The van der Waals surface area contributed by atoms with Gasteiger partial charge in [-0.05, 0) is 12.3 Å². The number of nitrogens with zero attached hydrogens (tertiary/aromatic N) is 2. The number of anilines is 1. The van der Waals surface area contributed by atoms with E-state index in [9.17, 15) is 0 Å². The quantitative estimate of drug-likeness (QED) is 0.690. The first kappa shape index (κ1) is 15.8. The Bertz CT molecular complexity index is 377. The summed E-state index contributed by atoms with van der Waals surface area (Å²) in [5.74, 6) is 0.901. The minimum absolute atomic E-state index is 0.286. The second-order valence-electron chi connectivity index (χ2n) is 4.69. The van der Waals surface area contributed by atoms with Gasteiger partial charge in [-0.15, -0.1) is 0 Å². The lowest BCUT2D eigenvalue weighted by molar-refractivity contribution is 0.0787. The molecule has 0 saturated heterocycles. The highest BCUT2D eigenvalue weighted by molar-refractivity contribution is 5.54. The largest absolute Gasteiger partial charge is 0.474 e. The van der Waals surface area contributed by atoms with Gasteiger partial charge in [-0.25, -0.2) is 4.68 Å². The van der Waals surface area contributed by atoms with Crippen molar-refractivity contribution in [2.75, 3.05) is 39.3 Å². The molecule has 6 nitrogen and oxygen atoms in total. The Balaban J connectivity index is 2.33. The van der Waals surface area contributed by atoms with Crippen LogP contribution >= 0.6 is 0 Å². The molecule has 0 unspecified atom stereocenters. The van der Waals surface area contributed by atoms with Crippen LogP contribution in [-0.4, -0.2) is 43.3 Å². The van der Waals surface area contributed by atoms with Crippen LogP contribution in [0.15, 0.2) is 0 Å². The smallest absolute Gasteiger partial charge is 0.235 e. The fourth-order valence-corrected chi connectivity index (χ4v) is 1.75. The van der Waals surface area contributed by atoms with Crippen LogP contribution in [0.25, 0.3) is 0 Å². The Hall–Kier alpha value is -1.27. The Kier molecular flexibility index (Phi) is 6.66. The predicted molar refractivity (Wildman–Crippen MR) is 74.5 cm³/mol. The Morgan fingerprint density at radius 2 is 1.95 bits per heavy atom. The first-order valence-corrected chi connectivity index (χ1v) is 6.59. The van der Waals surface area contributed by atoms with Gasteiger partial charge in [-0.2, -0.15) is 5.10 Å². The van der Waals surface area contributed by atoms with E-state index < -0.39 is 0 Å². The Morgan fingerprint density at radius 1 is 1.21 bits per heavy atom. The number of aromatic nitrogens is 2. The lowest BCUT2D eigenvalue weighted by Gasteiger charge is -2.08. The zero-order valence-corrected chi connectivity index (χ0v) is 12.3. The van der Waals surface area contributed by atoms with Crippen molar-refractivity contribution in [2.24, 2.45) is 7.05 Å². The maximum atomic E-state index is 6.02. The molecule has 1 aromatic heterocycles. The Morgan fingerprint density at radius 3 is 2.53 bits per heavy atom. The molecule has 2 N–H and O–H groups in total. The van der Waals surface area contributed by atoms with E-state index in [1.54, 1.807) is 11.8 Å². The average Bonchev–Trinajstić information content (AvgIpc) is 2.65. The number of rotatable bonds is 9. The highest BCUT2D eigenvalue weighted by Crippen LogP contribution is 2.29. The van der Waals surface area contributed by atoms with Gasteiger partial charge < -0.3 is 19.9 Å². The number of nitrogen functional groups attached to an aromatic ring is 1. The summed E-state index contributed by atoms with van der Waals surface area (Å²) in [6.07, 6.45) is 0.891. The van der Waals surface area contributed by atoms with Crippen molar-refractivity contribution in [1.82, 2.24) is 9.78 Å². The molecule has 1 aromatic rings. The van der Waals surface area contributed by atoms with Gasteiger partial charge in [0.2, 0.25) is 5.88 Å². The van der Waals surface area contributed by atoms with Crippen molar-refractivity contribution >= 4 is 5.69 Å². The summed E-state index contributed by atoms with van der Waals surface area (Å²) in [5.41, 5.74) is 7.52. The summed E-state index contributed by atoms with van der Waals surface area (Å²) in [5, 5.41) is 4.36. The van der Waals surface area contributed by atoms with Gasteiger partial charge in [-0.3, -0.25) is 0 Å². The van der Waals surface area contributed by atoms with Crippen molar-refractivity contribution in [2.45, 2.75) is 26.2 Å². The summed E-state index contributed by atoms with van der Waals surface area (Å²) < 4.78 is 17.7.